The van der Waals surface area contributed by atoms with Crippen molar-refractivity contribution in [2.45, 2.75) is 33.6 Å². The van der Waals surface area contributed by atoms with E-state index in [4.69, 9.17) is 11.1 Å². The van der Waals surface area contributed by atoms with Crippen LogP contribution in [-0.4, -0.2) is 20.4 Å². The molecular formula is C14H19N5. The van der Waals surface area contributed by atoms with Crippen LogP contribution >= 0.6 is 0 Å². The molecular weight excluding hydrogens is 238 g/mol. The third-order valence-corrected chi connectivity index (χ3v) is 3.03. The van der Waals surface area contributed by atoms with Gasteiger partial charge < -0.3 is 10.3 Å². The Morgan fingerprint density at radius 3 is 2.79 bits per heavy atom. The Morgan fingerprint density at radius 1 is 1.42 bits per heavy atom. The Hall–Kier alpha value is -2.17. The first-order chi connectivity index (χ1) is 9.04. The van der Waals surface area contributed by atoms with Gasteiger partial charge in [-0.15, -0.1) is 0 Å². The van der Waals surface area contributed by atoms with Crippen LogP contribution in [0.15, 0.2) is 18.5 Å². The van der Waals surface area contributed by atoms with E-state index in [1.807, 2.05) is 30.7 Å². The molecule has 0 spiro atoms. The molecule has 0 amide bonds. The van der Waals surface area contributed by atoms with Crippen molar-refractivity contribution in [3.05, 3.63) is 41.2 Å². The zero-order valence-corrected chi connectivity index (χ0v) is 11.6. The molecule has 0 aromatic carbocycles. The van der Waals surface area contributed by atoms with Gasteiger partial charge in [0.05, 0.1) is 16.9 Å². The van der Waals surface area contributed by atoms with Crippen LogP contribution in [0.4, 0.5) is 0 Å². The van der Waals surface area contributed by atoms with E-state index >= 15 is 0 Å². The second-order valence-electron chi connectivity index (χ2n) is 4.62. The largest absolute Gasteiger partial charge is 0.384 e. The highest BCUT2D eigenvalue weighted by molar-refractivity contribution is 5.99. The highest BCUT2D eigenvalue weighted by atomic mass is 15.1. The molecule has 0 radical (unpaired) electrons. The minimum atomic E-state index is 0.0381. The summed E-state index contributed by atoms with van der Waals surface area (Å²) in [5.74, 6) is 1.02. The number of nitrogens with one attached hydrogen (secondary N) is 1. The van der Waals surface area contributed by atoms with Crippen LogP contribution < -0.4 is 5.73 Å². The summed E-state index contributed by atoms with van der Waals surface area (Å²) in [7, 11) is 0. The number of nitrogens with zero attached hydrogens (tertiary/aromatic N) is 3. The van der Waals surface area contributed by atoms with E-state index < -0.39 is 0 Å². The van der Waals surface area contributed by atoms with Gasteiger partial charge in [0.2, 0.25) is 0 Å². The number of aryl methyl sites for hydroxylation is 3. The van der Waals surface area contributed by atoms with Gasteiger partial charge in [0.25, 0.3) is 0 Å². The molecule has 19 heavy (non-hydrogen) atoms. The van der Waals surface area contributed by atoms with E-state index in [9.17, 15) is 0 Å². The van der Waals surface area contributed by atoms with Crippen molar-refractivity contribution in [1.29, 1.82) is 5.41 Å². The van der Waals surface area contributed by atoms with Crippen LogP contribution in [0.1, 0.15) is 36.1 Å². The molecule has 0 aliphatic carbocycles. The Kier molecular flexibility index (Phi) is 3.64. The van der Waals surface area contributed by atoms with Crippen molar-refractivity contribution in [3.8, 4) is 5.69 Å². The van der Waals surface area contributed by atoms with Crippen LogP contribution in [-0.2, 0) is 6.42 Å². The molecule has 3 N–H and O–H groups in total. The van der Waals surface area contributed by atoms with E-state index in [-0.39, 0.29) is 5.84 Å². The van der Waals surface area contributed by atoms with Crippen molar-refractivity contribution in [3.63, 3.8) is 0 Å². The molecule has 2 heterocycles. The Labute approximate surface area is 113 Å². The molecule has 5 heteroatoms. The summed E-state index contributed by atoms with van der Waals surface area (Å²) < 4.78 is 2.00. The lowest BCUT2D eigenvalue weighted by Gasteiger charge is -2.15. The third-order valence-electron chi connectivity index (χ3n) is 3.03. The number of hydrogen-bond donors (Lipinski definition) is 2. The zero-order valence-electron chi connectivity index (χ0n) is 11.6. The Bertz CT molecular complexity index is 612. The van der Waals surface area contributed by atoms with Gasteiger partial charge in [-0.2, -0.15) is 0 Å². The average molecular weight is 257 g/mol. The van der Waals surface area contributed by atoms with E-state index in [0.717, 1.165) is 35.7 Å². The molecule has 0 fully saturated rings. The Morgan fingerprint density at radius 2 is 2.16 bits per heavy atom. The molecule has 0 aliphatic heterocycles. The predicted octanol–water partition coefficient (Wildman–Crippen LogP) is 2.12. The summed E-state index contributed by atoms with van der Waals surface area (Å²) in [5.41, 5.74) is 8.96. The number of pyridine rings is 1. The number of amidine groups is 1. The lowest BCUT2D eigenvalue weighted by Crippen LogP contribution is -2.18. The topological polar surface area (TPSA) is 80.6 Å². The van der Waals surface area contributed by atoms with Crippen LogP contribution in [0.25, 0.3) is 5.69 Å². The first-order valence-corrected chi connectivity index (χ1v) is 6.39. The van der Waals surface area contributed by atoms with Crippen LogP contribution in [0.3, 0.4) is 0 Å². The standard InChI is InChI=1S/C14H19N5/c1-4-5-12-17-6-7-19(12)11-8-9(2)18-10(3)13(11)14(15)16/h6-8H,4-5H2,1-3H3,(H3,15,16). The molecule has 0 aliphatic rings. The maximum Gasteiger partial charge on any atom is 0.126 e. The molecule has 2 aromatic rings. The number of imidazole rings is 1. The van der Waals surface area contributed by atoms with E-state index in [1.165, 1.54) is 0 Å². The number of aromatic nitrogens is 3. The lowest BCUT2D eigenvalue weighted by molar-refractivity contribution is 0.806. The van der Waals surface area contributed by atoms with E-state index in [1.54, 1.807) is 6.20 Å². The molecule has 0 atom stereocenters. The van der Waals surface area contributed by atoms with Gasteiger partial charge in [0.1, 0.15) is 11.7 Å². The second kappa shape index (κ2) is 5.22. The summed E-state index contributed by atoms with van der Waals surface area (Å²) in [6.07, 6.45) is 5.60. The minimum absolute atomic E-state index is 0.0381. The molecule has 0 saturated heterocycles. The summed E-state index contributed by atoms with van der Waals surface area (Å²) in [6.45, 7) is 5.94. The molecule has 2 aromatic heterocycles. The van der Waals surface area contributed by atoms with Crippen LogP contribution in [0, 0.1) is 19.3 Å². The smallest absolute Gasteiger partial charge is 0.126 e. The van der Waals surface area contributed by atoms with Gasteiger partial charge in [-0.3, -0.25) is 10.4 Å². The van der Waals surface area contributed by atoms with Gasteiger partial charge in [-0.25, -0.2) is 4.98 Å². The van der Waals surface area contributed by atoms with Crippen LogP contribution in [0.2, 0.25) is 0 Å². The first-order valence-electron chi connectivity index (χ1n) is 6.39. The zero-order chi connectivity index (χ0) is 14.0. The monoisotopic (exact) mass is 257 g/mol. The molecule has 0 unspecified atom stereocenters. The van der Waals surface area contributed by atoms with Crippen molar-refractivity contribution in [1.82, 2.24) is 14.5 Å². The fraction of sp³-hybridized carbons (Fsp3) is 0.357. The molecule has 2 rings (SSSR count). The molecule has 5 nitrogen and oxygen atoms in total. The quantitative estimate of drug-likeness (QED) is 0.650. The number of nitrogen functional groups attached to an aromatic ring is 1. The summed E-state index contributed by atoms with van der Waals surface area (Å²) >= 11 is 0. The fourth-order valence-electron chi connectivity index (χ4n) is 2.29. The van der Waals surface area contributed by atoms with Crippen molar-refractivity contribution in [2.24, 2.45) is 5.73 Å². The van der Waals surface area contributed by atoms with Crippen molar-refractivity contribution < 1.29 is 0 Å². The summed E-state index contributed by atoms with van der Waals surface area (Å²) in [5, 5.41) is 7.77. The normalized spacial score (nSPS) is 10.7. The minimum Gasteiger partial charge on any atom is -0.384 e. The maximum atomic E-state index is 7.77. The fourth-order valence-corrected chi connectivity index (χ4v) is 2.29. The van der Waals surface area contributed by atoms with E-state index in [2.05, 4.69) is 16.9 Å². The lowest BCUT2D eigenvalue weighted by atomic mass is 10.1. The van der Waals surface area contributed by atoms with E-state index in [0.29, 0.717) is 5.56 Å². The Balaban J connectivity index is 2.66. The first kappa shape index (κ1) is 13.3. The molecule has 100 valence electrons. The van der Waals surface area contributed by atoms with Gasteiger partial charge in [0, 0.05) is 24.5 Å². The highest BCUT2D eigenvalue weighted by Crippen LogP contribution is 2.20. The predicted molar refractivity (Wildman–Crippen MR) is 75.8 cm³/mol. The van der Waals surface area contributed by atoms with Gasteiger partial charge >= 0.3 is 0 Å². The summed E-state index contributed by atoms with van der Waals surface area (Å²) in [4.78, 5) is 8.76. The van der Waals surface area contributed by atoms with Crippen molar-refractivity contribution in [2.75, 3.05) is 0 Å². The number of nitrogens with two attached hydrogens (primary N) is 1. The summed E-state index contributed by atoms with van der Waals surface area (Å²) in [6, 6.07) is 1.95. The van der Waals surface area contributed by atoms with Gasteiger partial charge in [-0.1, -0.05) is 6.92 Å². The number of hydrogen-bond acceptors (Lipinski definition) is 3. The van der Waals surface area contributed by atoms with Gasteiger partial charge in [-0.05, 0) is 26.3 Å². The molecule has 0 bridgehead atoms. The average Bonchev–Trinajstić information content (AvgIpc) is 2.75. The van der Waals surface area contributed by atoms with Gasteiger partial charge in [0.15, 0.2) is 0 Å². The second-order valence-corrected chi connectivity index (χ2v) is 4.62. The molecule has 0 saturated carbocycles. The number of rotatable bonds is 4. The maximum absolute atomic E-state index is 7.77. The van der Waals surface area contributed by atoms with Crippen molar-refractivity contribution >= 4 is 5.84 Å². The third kappa shape index (κ3) is 2.50. The highest BCUT2D eigenvalue weighted by Gasteiger charge is 2.15. The SMILES string of the molecule is CCCc1nccn1-c1cc(C)nc(C)c1C(=N)N. The van der Waals surface area contributed by atoms with Crippen LogP contribution in [0.5, 0.6) is 0 Å².